The minimum Gasteiger partial charge on any atom is -0.358 e. The van der Waals surface area contributed by atoms with Gasteiger partial charge in [-0.1, -0.05) is 0 Å². The number of hydrogen-bond donors (Lipinski definition) is 2. The van der Waals surface area contributed by atoms with E-state index in [0.29, 0.717) is 24.4 Å². The van der Waals surface area contributed by atoms with Crippen molar-refractivity contribution in [2.24, 2.45) is 0 Å². The Balaban J connectivity index is 3.14. The van der Waals surface area contributed by atoms with Crippen LogP contribution in [0.15, 0.2) is 0 Å². The number of hydrogen-bond acceptors (Lipinski definition) is 7. The number of amides is 1. The van der Waals surface area contributed by atoms with Crippen LogP contribution in [0.1, 0.15) is 20.8 Å². The molecule has 0 saturated heterocycles. The molecule has 2 N–H and O–H groups in total. The molecule has 0 spiro atoms. The number of carbonyl (C=O) groups excluding carboxylic acids is 1. The van der Waals surface area contributed by atoms with Gasteiger partial charge in [-0.25, -0.2) is 0 Å². The second-order valence-electron chi connectivity index (χ2n) is 4.37. The van der Waals surface area contributed by atoms with Gasteiger partial charge in [-0.3, -0.25) is 4.79 Å². The number of rotatable bonds is 8. The molecule has 0 aliphatic carbocycles. The minimum atomic E-state index is -0.0762. The predicted octanol–water partition coefficient (Wildman–Crippen LogP) is 0.332. The van der Waals surface area contributed by atoms with E-state index in [-0.39, 0.29) is 12.5 Å². The zero-order valence-corrected chi connectivity index (χ0v) is 13.5. The van der Waals surface area contributed by atoms with Gasteiger partial charge in [0.15, 0.2) is 0 Å². The molecule has 0 radical (unpaired) electrons. The van der Waals surface area contributed by atoms with Gasteiger partial charge in [0.05, 0.1) is 6.54 Å². The quantitative estimate of drug-likeness (QED) is 0.715. The number of likely N-dealkylation sites (N-methyl/N-ethyl adjacent to an activating group) is 2. The van der Waals surface area contributed by atoms with Crippen molar-refractivity contribution in [3.05, 3.63) is 0 Å². The summed E-state index contributed by atoms with van der Waals surface area (Å²) in [6.45, 7) is 8.54. The first-order valence-corrected chi connectivity index (χ1v) is 7.23. The molecule has 1 aromatic heterocycles. The number of nitrogens with one attached hydrogen (secondary N) is 2. The summed E-state index contributed by atoms with van der Waals surface area (Å²) in [4.78, 5) is 28.7. The Morgan fingerprint density at radius 2 is 1.48 bits per heavy atom. The van der Waals surface area contributed by atoms with E-state index in [1.807, 2.05) is 30.6 Å². The lowest BCUT2D eigenvalue weighted by Gasteiger charge is -2.23. The Morgan fingerprint density at radius 3 is 1.90 bits per heavy atom. The standard InChI is InChI=1S/C13H25N7O/c1-6-19(7-2)12-16-11(15-5)17-13(18-12)20(8-3)9-10(21)14-4/h6-9H2,1-5H3,(H,14,21)(H,15,16,17,18). The highest BCUT2D eigenvalue weighted by Crippen LogP contribution is 2.16. The summed E-state index contributed by atoms with van der Waals surface area (Å²) in [5.41, 5.74) is 0. The van der Waals surface area contributed by atoms with Crippen molar-refractivity contribution < 1.29 is 4.79 Å². The van der Waals surface area contributed by atoms with Gasteiger partial charge in [-0.2, -0.15) is 15.0 Å². The molecule has 0 atom stereocenters. The fraction of sp³-hybridized carbons (Fsp3) is 0.692. The second-order valence-corrected chi connectivity index (χ2v) is 4.37. The molecule has 1 rings (SSSR count). The first kappa shape index (κ1) is 16.9. The molecule has 8 heteroatoms. The van der Waals surface area contributed by atoms with Crippen molar-refractivity contribution in [1.29, 1.82) is 0 Å². The number of anilines is 3. The summed E-state index contributed by atoms with van der Waals surface area (Å²) in [6, 6.07) is 0. The smallest absolute Gasteiger partial charge is 0.239 e. The third-order valence-electron chi connectivity index (χ3n) is 3.16. The highest BCUT2D eigenvalue weighted by molar-refractivity contribution is 5.80. The largest absolute Gasteiger partial charge is 0.358 e. The SMILES string of the molecule is CCN(CC)c1nc(NC)nc(N(CC)CC(=O)NC)n1. The van der Waals surface area contributed by atoms with E-state index in [1.165, 1.54) is 0 Å². The van der Waals surface area contributed by atoms with Crippen LogP contribution in [0.2, 0.25) is 0 Å². The molecule has 0 unspecified atom stereocenters. The van der Waals surface area contributed by atoms with Gasteiger partial charge in [0.2, 0.25) is 23.8 Å². The van der Waals surface area contributed by atoms with Crippen molar-refractivity contribution in [3.63, 3.8) is 0 Å². The molecule has 118 valence electrons. The van der Waals surface area contributed by atoms with Crippen LogP contribution in [0.3, 0.4) is 0 Å². The normalized spacial score (nSPS) is 10.1. The van der Waals surface area contributed by atoms with Gasteiger partial charge in [0.25, 0.3) is 0 Å². The summed E-state index contributed by atoms with van der Waals surface area (Å²) in [5.74, 6) is 1.54. The van der Waals surface area contributed by atoms with Crippen molar-refractivity contribution >= 4 is 23.8 Å². The van der Waals surface area contributed by atoms with Crippen LogP contribution in [0, 0.1) is 0 Å². The molecule has 0 aliphatic rings. The molecule has 0 fully saturated rings. The first-order chi connectivity index (χ1) is 10.1. The molecule has 0 saturated carbocycles. The average molecular weight is 295 g/mol. The average Bonchev–Trinajstić information content (AvgIpc) is 2.53. The van der Waals surface area contributed by atoms with Crippen molar-refractivity contribution in [1.82, 2.24) is 20.3 Å². The van der Waals surface area contributed by atoms with Crippen molar-refractivity contribution in [2.75, 3.05) is 55.4 Å². The number of nitrogens with zero attached hydrogens (tertiary/aromatic N) is 5. The first-order valence-electron chi connectivity index (χ1n) is 7.23. The summed E-state index contributed by atoms with van der Waals surface area (Å²) >= 11 is 0. The molecular weight excluding hydrogens is 270 g/mol. The summed E-state index contributed by atoms with van der Waals surface area (Å²) in [6.07, 6.45) is 0. The maximum atomic E-state index is 11.6. The van der Waals surface area contributed by atoms with Gasteiger partial charge < -0.3 is 20.4 Å². The Hall–Kier alpha value is -2.12. The van der Waals surface area contributed by atoms with Crippen LogP contribution in [-0.4, -0.2) is 61.1 Å². The van der Waals surface area contributed by atoms with Crippen LogP contribution >= 0.6 is 0 Å². The monoisotopic (exact) mass is 295 g/mol. The lowest BCUT2D eigenvalue weighted by molar-refractivity contribution is -0.119. The lowest BCUT2D eigenvalue weighted by atomic mass is 10.5. The Bertz CT molecular complexity index is 462. The Morgan fingerprint density at radius 1 is 0.952 bits per heavy atom. The Kier molecular flexibility index (Phi) is 6.64. The van der Waals surface area contributed by atoms with Gasteiger partial charge in [0, 0.05) is 33.7 Å². The second kappa shape index (κ2) is 8.23. The molecule has 8 nitrogen and oxygen atoms in total. The van der Waals surface area contributed by atoms with E-state index < -0.39 is 0 Å². The molecule has 1 aromatic rings. The number of carbonyl (C=O) groups is 1. The van der Waals surface area contributed by atoms with E-state index in [0.717, 1.165) is 13.1 Å². The van der Waals surface area contributed by atoms with Gasteiger partial charge in [0.1, 0.15) is 0 Å². The van der Waals surface area contributed by atoms with Gasteiger partial charge in [-0.15, -0.1) is 0 Å². The molecule has 21 heavy (non-hydrogen) atoms. The van der Waals surface area contributed by atoms with E-state index in [4.69, 9.17) is 0 Å². The van der Waals surface area contributed by atoms with E-state index in [2.05, 4.69) is 25.6 Å². The maximum Gasteiger partial charge on any atom is 0.239 e. The van der Waals surface area contributed by atoms with Gasteiger partial charge >= 0.3 is 0 Å². The van der Waals surface area contributed by atoms with Crippen molar-refractivity contribution in [2.45, 2.75) is 20.8 Å². The molecular formula is C13H25N7O. The van der Waals surface area contributed by atoms with Crippen LogP contribution in [0.25, 0.3) is 0 Å². The van der Waals surface area contributed by atoms with E-state index in [9.17, 15) is 4.79 Å². The predicted molar refractivity (Wildman–Crippen MR) is 84.9 cm³/mol. The van der Waals surface area contributed by atoms with E-state index >= 15 is 0 Å². The molecule has 0 bridgehead atoms. The van der Waals surface area contributed by atoms with Crippen molar-refractivity contribution in [3.8, 4) is 0 Å². The number of aromatic nitrogens is 3. The molecule has 0 aliphatic heterocycles. The van der Waals surface area contributed by atoms with Crippen LogP contribution < -0.4 is 20.4 Å². The fourth-order valence-electron chi connectivity index (χ4n) is 1.83. The fourth-order valence-corrected chi connectivity index (χ4v) is 1.83. The summed E-state index contributed by atoms with van der Waals surface area (Å²) in [5, 5.41) is 5.55. The van der Waals surface area contributed by atoms with Crippen LogP contribution in [0.5, 0.6) is 0 Å². The summed E-state index contributed by atoms with van der Waals surface area (Å²) < 4.78 is 0. The van der Waals surface area contributed by atoms with Crippen LogP contribution in [-0.2, 0) is 4.79 Å². The zero-order valence-electron chi connectivity index (χ0n) is 13.5. The zero-order chi connectivity index (χ0) is 15.8. The Labute approximate surface area is 126 Å². The highest BCUT2D eigenvalue weighted by atomic mass is 16.1. The maximum absolute atomic E-state index is 11.6. The third-order valence-corrected chi connectivity index (χ3v) is 3.16. The molecule has 1 heterocycles. The minimum absolute atomic E-state index is 0.0762. The van der Waals surface area contributed by atoms with Gasteiger partial charge in [-0.05, 0) is 20.8 Å². The van der Waals surface area contributed by atoms with Crippen LogP contribution in [0.4, 0.5) is 17.8 Å². The highest BCUT2D eigenvalue weighted by Gasteiger charge is 2.16. The lowest BCUT2D eigenvalue weighted by Crippen LogP contribution is -2.37. The topological polar surface area (TPSA) is 86.3 Å². The molecule has 0 aromatic carbocycles. The third kappa shape index (κ3) is 4.44. The summed E-state index contributed by atoms with van der Waals surface area (Å²) in [7, 11) is 3.38. The molecule has 1 amide bonds. The van der Waals surface area contributed by atoms with E-state index in [1.54, 1.807) is 14.1 Å².